The average Bonchev–Trinajstić information content (AvgIpc) is 2.64. The SMILES string of the molecule is O=C(c1ccc(Cl)cc1F)N1CC[C@@H](O)[C@](Cc2ccc(F)cc2)(C(=O)O)C1. The minimum Gasteiger partial charge on any atom is -0.481 e. The lowest BCUT2D eigenvalue weighted by molar-refractivity contribution is -0.161. The first-order valence-corrected chi connectivity index (χ1v) is 9.01. The van der Waals surface area contributed by atoms with Crippen molar-refractivity contribution in [2.45, 2.75) is 18.9 Å². The second-order valence-corrected chi connectivity index (χ2v) is 7.36. The highest BCUT2D eigenvalue weighted by Gasteiger charge is 2.50. The number of hydrogen-bond acceptors (Lipinski definition) is 3. The van der Waals surface area contributed by atoms with E-state index in [1.165, 1.54) is 41.3 Å². The summed E-state index contributed by atoms with van der Waals surface area (Å²) in [5.41, 5.74) is -1.40. The van der Waals surface area contributed by atoms with Gasteiger partial charge in [-0.2, -0.15) is 0 Å². The van der Waals surface area contributed by atoms with E-state index in [0.717, 1.165) is 6.07 Å². The number of amides is 1. The largest absolute Gasteiger partial charge is 0.481 e. The molecule has 0 bridgehead atoms. The van der Waals surface area contributed by atoms with E-state index in [4.69, 9.17) is 11.6 Å². The lowest BCUT2D eigenvalue weighted by Gasteiger charge is -2.43. The number of benzene rings is 2. The predicted molar refractivity (Wildman–Crippen MR) is 98.1 cm³/mol. The molecule has 1 heterocycles. The molecule has 1 fully saturated rings. The van der Waals surface area contributed by atoms with Crippen molar-refractivity contribution in [3.05, 3.63) is 70.2 Å². The number of halogens is 3. The van der Waals surface area contributed by atoms with E-state index < -0.39 is 35.0 Å². The number of aliphatic hydroxyl groups is 1. The molecule has 1 aliphatic rings. The van der Waals surface area contributed by atoms with E-state index in [2.05, 4.69) is 0 Å². The Labute approximate surface area is 165 Å². The van der Waals surface area contributed by atoms with Crippen LogP contribution in [0.25, 0.3) is 0 Å². The molecule has 8 heteroatoms. The molecule has 2 aromatic rings. The van der Waals surface area contributed by atoms with Crippen LogP contribution < -0.4 is 0 Å². The van der Waals surface area contributed by atoms with E-state index in [-0.39, 0.29) is 36.5 Å². The number of likely N-dealkylation sites (tertiary alicyclic amines) is 1. The minimum absolute atomic E-state index is 0.0223. The van der Waals surface area contributed by atoms with Gasteiger partial charge in [0.05, 0.1) is 11.7 Å². The van der Waals surface area contributed by atoms with E-state index in [1.807, 2.05) is 0 Å². The average molecular weight is 410 g/mol. The summed E-state index contributed by atoms with van der Waals surface area (Å²) < 4.78 is 27.3. The maximum atomic E-state index is 14.1. The van der Waals surface area contributed by atoms with Crippen LogP contribution in [0.15, 0.2) is 42.5 Å². The molecule has 5 nitrogen and oxygen atoms in total. The Morgan fingerprint density at radius 2 is 1.86 bits per heavy atom. The van der Waals surface area contributed by atoms with Gasteiger partial charge in [-0.15, -0.1) is 0 Å². The second kappa shape index (κ2) is 7.85. The summed E-state index contributed by atoms with van der Waals surface area (Å²) in [7, 11) is 0. The summed E-state index contributed by atoms with van der Waals surface area (Å²) in [6, 6.07) is 8.90. The highest BCUT2D eigenvalue weighted by atomic mass is 35.5. The molecule has 0 aromatic heterocycles. The van der Waals surface area contributed by atoms with Gasteiger partial charge < -0.3 is 15.1 Å². The number of carbonyl (C=O) groups excluding carboxylic acids is 1. The summed E-state index contributed by atoms with van der Waals surface area (Å²) in [5.74, 6) is -3.22. The first-order chi connectivity index (χ1) is 13.2. The van der Waals surface area contributed by atoms with E-state index in [0.29, 0.717) is 5.56 Å². The smallest absolute Gasteiger partial charge is 0.314 e. The zero-order valence-electron chi connectivity index (χ0n) is 14.7. The molecule has 1 saturated heterocycles. The van der Waals surface area contributed by atoms with Gasteiger partial charge in [-0.05, 0) is 48.7 Å². The minimum atomic E-state index is -1.69. The van der Waals surface area contributed by atoms with Crippen molar-refractivity contribution in [2.24, 2.45) is 5.41 Å². The van der Waals surface area contributed by atoms with Gasteiger partial charge in [0.25, 0.3) is 5.91 Å². The monoisotopic (exact) mass is 409 g/mol. The first-order valence-electron chi connectivity index (χ1n) is 8.63. The van der Waals surface area contributed by atoms with Crippen LogP contribution in [0.1, 0.15) is 22.3 Å². The maximum Gasteiger partial charge on any atom is 0.314 e. The summed E-state index contributed by atoms with van der Waals surface area (Å²) in [6.45, 7) is -0.220. The van der Waals surface area contributed by atoms with Crippen molar-refractivity contribution < 1.29 is 28.6 Å². The molecule has 1 amide bonds. The van der Waals surface area contributed by atoms with E-state index in [9.17, 15) is 28.6 Å². The normalized spacial score (nSPS) is 22.1. The number of aliphatic carboxylic acids is 1. The number of rotatable bonds is 4. The molecular weight excluding hydrogens is 392 g/mol. The van der Waals surface area contributed by atoms with Crippen LogP contribution in [-0.2, 0) is 11.2 Å². The van der Waals surface area contributed by atoms with Crippen molar-refractivity contribution in [1.29, 1.82) is 0 Å². The number of carboxylic acids is 1. The summed E-state index contributed by atoms with van der Waals surface area (Å²) >= 11 is 5.71. The van der Waals surface area contributed by atoms with Crippen LogP contribution in [0, 0.1) is 17.0 Å². The van der Waals surface area contributed by atoms with Gasteiger partial charge in [0, 0.05) is 18.1 Å². The van der Waals surface area contributed by atoms with Crippen molar-refractivity contribution in [2.75, 3.05) is 13.1 Å². The Morgan fingerprint density at radius 3 is 2.46 bits per heavy atom. The zero-order valence-corrected chi connectivity index (χ0v) is 15.5. The molecule has 0 radical (unpaired) electrons. The number of hydrogen-bond donors (Lipinski definition) is 2. The van der Waals surface area contributed by atoms with Gasteiger partial charge in [-0.3, -0.25) is 9.59 Å². The van der Waals surface area contributed by atoms with Gasteiger partial charge in [0.1, 0.15) is 17.0 Å². The van der Waals surface area contributed by atoms with Crippen LogP contribution in [-0.4, -0.2) is 46.2 Å². The molecule has 2 N–H and O–H groups in total. The molecule has 3 rings (SSSR count). The molecule has 1 aliphatic heterocycles. The lowest BCUT2D eigenvalue weighted by Crippen LogP contribution is -2.58. The lowest BCUT2D eigenvalue weighted by atomic mass is 9.72. The number of aliphatic hydroxyl groups excluding tert-OH is 1. The molecule has 0 saturated carbocycles. The number of nitrogens with zero attached hydrogens (tertiary/aromatic N) is 1. The Morgan fingerprint density at radius 1 is 1.18 bits per heavy atom. The van der Waals surface area contributed by atoms with Gasteiger partial charge in [0.15, 0.2) is 0 Å². The van der Waals surface area contributed by atoms with Crippen LogP contribution in [0.2, 0.25) is 5.02 Å². The molecule has 28 heavy (non-hydrogen) atoms. The molecule has 2 aromatic carbocycles. The highest BCUT2D eigenvalue weighted by Crippen LogP contribution is 2.35. The van der Waals surface area contributed by atoms with Crippen molar-refractivity contribution >= 4 is 23.5 Å². The Kier molecular flexibility index (Phi) is 5.67. The van der Waals surface area contributed by atoms with Crippen LogP contribution >= 0.6 is 11.6 Å². The Balaban J connectivity index is 1.91. The quantitative estimate of drug-likeness (QED) is 0.813. The third-order valence-corrected chi connectivity index (χ3v) is 5.33. The summed E-state index contributed by atoms with van der Waals surface area (Å²) in [4.78, 5) is 26.1. The van der Waals surface area contributed by atoms with E-state index in [1.54, 1.807) is 0 Å². The standard InChI is InChI=1S/C20H18ClF2NO4/c21-13-3-6-15(16(23)9-13)18(26)24-8-7-17(25)20(11-24,19(27)28)10-12-1-4-14(22)5-2-12/h1-6,9,17,25H,7-8,10-11H2,(H,27,28)/t17-,20-/m1/s1. The van der Waals surface area contributed by atoms with Gasteiger partial charge in [0.2, 0.25) is 0 Å². The predicted octanol–water partition coefficient (Wildman–Crippen LogP) is 3.14. The fraction of sp³-hybridized carbons (Fsp3) is 0.300. The van der Waals surface area contributed by atoms with Crippen LogP contribution in [0.5, 0.6) is 0 Å². The third kappa shape index (κ3) is 3.86. The fourth-order valence-electron chi connectivity index (χ4n) is 3.51. The van der Waals surface area contributed by atoms with Gasteiger partial charge >= 0.3 is 5.97 Å². The third-order valence-electron chi connectivity index (χ3n) is 5.09. The van der Waals surface area contributed by atoms with Gasteiger partial charge in [-0.25, -0.2) is 8.78 Å². The van der Waals surface area contributed by atoms with Crippen molar-refractivity contribution in [3.63, 3.8) is 0 Å². The molecular formula is C20H18ClF2NO4. The maximum absolute atomic E-state index is 14.1. The Bertz CT molecular complexity index is 906. The van der Waals surface area contributed by atoms with Crippen LogP contribution in [0.3, 0.4) is 0 Å². The number of carbonyl (C=O) groups is 2. The van der Waals surface area contributed by atoms with E-state index >= 15 is 0 Å². The molecule has 2 atom stereocenters. The summed E-state index contributed by atoms with van der Waals surface area (Å²) in [5, 5.41) is 20.5. The molecule has 0 spiro atoms. The number of piperidine rings is 1. The second-order valence-electron chi connectivity index (χ2n) is 6.92. The first kappa shape index (κ1) is 20.2. The van der Waals surface area contributed by atoms with Crippen molar-refractivity contribution in [3.8, 4) is 0 Å². The van der Waals surface area contributed by atoms with Crippen LogP contribution in [0.4, 0.5) is 8.78 Å². The summed E-state index contributed by atoms with van der Waals surface area (Å²) in [6.07, 6.45) is -1.29. The molecule has 0 unspecified atom stereocenters. The highest BCUT2D eigenvalue weighted by molar-refractivity contribution is 6.30. The molecule has 0 aliphatic carbocycles. The zero-order chi connectivity index (χ0) is 20.5. The topological polar surface area (TPSA) is 77.8 Å². The van der Waals surface area contributed by atoms with Gasteiger partial charge in [-0.1, -0.05) is 23.7 Å². The molecule has 148 valence electrons. The Hall–Kier alpha value is -2.51. The number of carboxylic acid groups (broad SMARTS) is 1. The van der Waals surface area contributed by atoms with Crippen molar-refractivity contribution in [1.82, 2.24) is 4.90 Å². The fourth-order valence-corrected chi connectivity index (χ4v) is 3.67.